The first-order chi connectivity index (χ1) is 19.0. The Hall–Kier alpha value is -3.45. The summed E-state index contributed by atoms with van der Waals surface area (Å²) >= 11 is 0. The normalized spacial score (nSPS) is 19.5. The van der Waals surface area contributed by atoms with Crippen LogP contribution in [-0.4, -0.2) is 60.6 Å². The van der Waals surface area contributed by atoms with Crippen molar-refractivity contribution in [3.05, 3.63) is 88.8 Å². The predicted octanol–water partition coefficient (Wildman–Crippen LogP) is 5.48. The zero-order valence-corrected chi connectivity index (χ0v) is 24.5. The number of nitrogens with zero attached hydrogens (tertiary/aromatic N) is 2. The van der Waals surface area contributed by atoms with Gasteiger partial charge in [0, 0.05) is 37.9 Å². The predicted molar refractivity (Wildman–Crippen MR) is 160 cm³/mol. The number of nitrogens with one attached hydrogen (secondary N) is 1. The zero-order chi connectivity index (χ0) is 29.3. The number of allylic oxidation sites excluding steroid dienone is 9. The van der Waals surface area contributed by atoms with Crippen LogP contribution in [-0.2, 0) is 9.59 Å². The van der Waals surface area contributed by atoms with E-state index in [1.165, 1.54) is 42.2 Å². The van der Waals surface area contributed by atoms with E-state index >= 15 is 0 Å². The highest BCUT2D eigenvalue weighted by molar-refractivity contribution is 5.93. The number of rotatable bonds is 9. The molecule has 6 nitrogen and oxygen atoms in total. The number of halogens is 1. The number of benzene rings is 1. The lowest BCUT2D eigenvalue weighted by Crippen LogP contribution is -2.56. The van der Waals surface area contributed by atoms with Crippen molar-refractivity contribution in [1.29, 1.82) is 0 Å². The zero-order valence-electron chi connectivity index (χ0n) is 24.5. The topological polar surface area (TPSA) is 72.9 Å². The van der Waals surface area contributed by atoms with Gasteiger partial charge in [-0.3, -0.25) is 9.59 Å². The number of amides is 2. The Morgan fingerprint density at radius 2 is 1.75 bits per heavy atom. The molecular formula is C33H44FN3O3. The molecule has 0 saturated carbocycles. The molecule has 1 saturated heterocycles. The van der Waals surface area contributed by atoms with Crippen LogP contribution < -0.4 is 10.2 Å². The van der Waals surface area contributed by atoms with Gasteiger partial charge in [-0.25, -0.2) is 4.39 Å². The summed E-state index contributed by atoms with van der Waals surface area (Å²) in [6.45, 7) is 12.3. The number of carbonyl (C=O) groups is 2. The average Bonchev–Trinajstić information content (AvgIpc) is 2.91. The smallest absolute Gasteiger partial charge is 0.247 e. The molecule has 2 N–H and O–H groups in total. The van der Waals surface area contributed by atoms with Gasteiger partial charge in [-0.1, -0.05) is 55.4 Å². The molecule has 1 heterocycles. The van der Waals surface area contributed by atoms with Gasteiger partial charge in [-0.05, 0) is 80.9 Å². The van der Waals surface area contributed by atoms with Crippen molar-refractivity contribution < 1.29 is 19.1 Å². The second-order valence-corrected chi connectivity index (χ2v) is 11.5. The fourth-order valence-corrected chi connectivity index (χ4v) is 5.34. The van der Waals surface area contributed by atoms with E-state index in [0.717, 1.165) is 23.3 Å². The third kappa shape index (κ3) is 8.78. The van der Waals surface area contributed by atoms with Gasteiger partial charge in [-0.2, -0.15) is 0 Å². The molecule has 1 atom stereocenters. The van der Waals surface area contributed by atoms with Gasteiger partial charge < -0.3 is 20.2 Å². The molecule has 1 aliphatic heterocycles. The Morgan fingerprint density at radius 1 is 1.07 bits per heavy atom. The van der Waals surface area contributed by atoms with Crippen LogP contribution in [0.5, 0.6) is 0 Å². The SMILES string of the molecule is CC(C=CC1=C(C)CCCC1(C)C)=CC=CC(C)=CC(=O)NC(CO)C(=O)N1CCN(c2ccc(F)cc2)CC1. The van der Waals surface area contributed by atoms with E-state index in [1.54, 1.807) is 17.0 Å². The summed E-state index contributed by atoms with van der Waals surface area (Å²) in [5.74, 6) is -1.03. The number of carbonyl (C=O) groups excluding carboxylic acids is 2. The number of hydrogen-bond acceptors (Lipinski definition) is 4. The first-order valence-electron chi connectivity index (χ1n) is 14.1. The standard InChI is InChI=1S/C33H44FN3O3/c1-24(11-16-29-26(3)10-7-17-33(29,4)5)8-6-9-25(2)22-31(39)35-30(23-38)32(40)37-20-18-36(19-21-37)28-14-12-27(34)13-15-28/h6,8-9,11-16,22,30,38H,7,10,17-21,23H2,1-5H3,(H,35,39). The number of hydrogen-bond donors (Lipinski definition) is 2. The summed E-state index contributed by atoms with van der Waals surface area (Å²) in [7, 11) is 0. The van der Waals surface area contributed by atoms with Crippen LogP contribution in [0.4, 0.5) is 10.1 Å². The van der Waals surface area contributed by atoms with Crippen molar-refractivity contribution in [3.63, 3.8) is 0 Å². The molecule has 1 unspecified atom stereocenters. The van der Waals surface area contributed by atoms with Gasteiger partial charge in [0.1, 0.15) is 11.9 Å². The molecule has 7 heteroatoms. The lowest BCUT2D eigenvalue weighted by molar-refractivity contribution is -0.137. The number of anilines is 1. The molecule has 3 rings (SSSR count). The monoisotopic (exact) mass is 549 g/mol. The molecule has 216 valence electrons. The van der Waals surface area contributed by atoms with Crippen molar-refractivity contribution >= 4 is 17.5 Å². The number of aliphatic hydroxyl groups excluding tert-OH is 1. The van der Waals surface area contributed by atoms with E-state index in [1.807, 2.05) is 25.2 Å². The number of piperazine rings is 1. The first-order valence-corrected chi connectivity index (χ1v) is 14.1. The Labute approximate surface area is 238 Å². The first kappa shape index (κ1) is 31.1. The molecule has 0 bridgehead atoms. The minimum Gasteiger partial charge on any atom is -0.394 e. The van der Waals surface area contributed by atoms with Crippen LogP contribution in [0.1, 0.15) is 53.9 Å². The van der Waals surface area contributed by atoms with Gasteiger partial charge in [0.05, 0.1) is 6.61 Å². The summed E-state index contributed by atoms with van der Waals surface area (Å²) in [6, 6.07) is 5.27. The Kier molecular flexibility index (Phi) is 11.1. The molecule has 2 amide bonds. The summed E-state index contributed by atoms with van der Waals surface area (Å²) in [5, 5.41) is 12.4. The highest BCUT2D eigenvalue weighted by Crippen LogP contribution is 2.40. The molecule has 40 heavy (non-hydrogen) atoms. The van der Waals surface area contributed by atoms with Crippen molar-refractivity contribution in [1.82, 2.24) is 10.2 Å². The van der Waals surface area contributed by atoms with Gasteiger partial charge >= 0.3 is 0 Å². The van der Waals surface area contributed by atoms with Crippen molar-refractivity contribution in [2.75, 3.05) is 37.7 Å². The second kappa shape index (κ2) is 14.3. The van der Waals surface area contributed by atoms with Crippen LogP contribution in [0.2, 0.25) is 0 Å². The molecule has 0 spiro atoms. The largest absolute Gasteiger partial charge is 0.394 e. The van der Waals surface area contributed by atoms with E-state index in [4.69, 9.17) is 0 Å². The summed E-state index contributed by atoms with van der Waals surface area (Å²) in [5.41, 5.74) is 5.83. The highest BCUT2D eigenvalue weighted by Gasteiger charge is 2.28. The van der Waals surface area contributed by atoms with Crippen LogP contribution in [0.3, 0.4) is 0 Å². The van der Waals surface area contributed by atoms with Crippen molar-refractivity contribution in [2.45, 2.75) is 59.9 Å². The van der Waals surface area contributed by atoms with Gasteiger partial charge in [0.2, 0.25) is 11.8 Å². The minimum absolute atomic E-state index is 0.202. The lowest BCUT2D eigenvalue weighted by atomic mass is 9.72. The van der Waals surface area contributed by atoms with Gasteiger partial charge in [0.25, 0.3) is 0 Å². The van der Waals surface area contributed by atoms with E-state index < -0.39 is 18.6 Å². The lowest BCUT2D eigenvalue weighted by Gasteiger charge is -2.37. The quantitative estimate of drug-likeness (QED) is 0.316. The third-order valence-electron chi connectivity index (χ3n) is 7.71. The minimum atomic E-state index is -1.01. The Morgan fingerprint density at radius 3 is 2.38 bits per heavy atom. The Balaban J connectivity index is 1.51. The van der Waals surface area contributed by atoms with E-state index in [-0.39, 0.29) is 17.1 Å². The maximum absolute atomic E-state index is 13.2. The molecular weight excluding hydrogens is 505 g/mol. The van der Waals surface area contributed by atoms with Crippen molar-refractivity contribution in [2.24, 2.45) is 5.41 Å². The summed E-state index contributed by atoms with van der Waals surface area (Å²) in [4.78, 5) is 29.2. The van der Waals surface area contributed by atoms with Gasteiger partial charge in [-0.15, -0.1) is 0 Å². The van der Waals surface area contributed by atoms with Crippen LogP contribution >= 0.6 is 0 Å². The highest BCUT2D eigenvalue weighted by atomic mass is 19.1. The fraction of sp³-hybridized carbons (Fsp3) is 0.455. The van der Waals surface area contributed by atoms with E-state index in [9.17, 15) is 19.1 Å². The number of aliphatic hydroxyl groups is 1. The van der Waals surface area contributed by atoms with Gasteiger partial charge in [0.15, 0.2) is 0 Å². The molecule has 1 aliphatic carbocycles. The second-order valence-electron chi connectivity index (χ2n) is 11.5. The summed E-state index contributed by atoms with van der Waals surface area (Å²) < 4.78 is 13.2. The molecule has 1 aromatic rings. The fourth-order valence-electron chi connectivity index (χ4n) is 5.34. The Bertz CT molecular complexity index is 1200. The summed E-state index contributed by atoms with van der Waals surface area (Å²) in [6.07, 6.45) is 15.2. The maximum Gasteiger partial charge on any atom is 0.247 e. The van der Waals surface area contributed by atoms with Crippen LogP contribution in [0, 0.1) is 11.2 Å². The van der Waals surface area contributed by atoms with E-state index in [0.29, 0.717) is 26.2 Å². The van der Waals surface area contributed by atoms with Crippen LogP contribution in [0.15, 0.2) is 83.0 Å². The van der Waals surface area contributed by atoms with Crippen LogP contribution in [0.25, 0.3) is 0 Å². The van der Waals surface area contributed by atoms with E-state index in [2.05, 4.69) is 50.1 Å². The molecule has 0 aromatic heterocycles. The molecule has 0 radical (unpaired) electrons. The third-order valence-corrected chi connectivity index (χ3v) is 7.71. The maximum atomic E-state index is 13.2. The molecule has 1 aromatic carbocycles. The van der Waals surface area contributed by atoms with Crippen molar-refractivity contribution in [3.8, 4) is 0 Å². The molecule has 1 fully saturated rings. The molecule has 2 aliphatic rings. The average molecular weight is 550 g/mol.